The molecule has 28 heavy (non-hydrogen) atoms. The first kappa shape index (κ1) is 19.0. The third-order valence-electron chi connectivity index (χ3n) is 5.68. The number of carbonyl (C=O) groups is 1. The predicted octanol–water partition coefficient (Wildman–Crippen LogP) is 4.21. The fourth-order valence-electron chi connectivity index (χ4n) is 4.32. The van der Waals surface area contributed by atoms with Crippen LogP contribution in [0.5, 0.6) is 0 Å². The van der Waals surface area contributed by atoms with Gasteiger partial charge in [0.15, 0.2) is 0 Å². The Morgan fingerprint density at radius 2 is 2.11 bits per heavy atom. The van der Waals surface area contributed by atoms with E-state index < -0.39 is 6.09 Å². The molecule has 1 amide bonds. The average Bonchev–Trinajstić information content (AvgIpc) is 2.99. The van der Waals surface area contributed by atoms with Crippen LogP contribution < -0.4 is 5.56 Å². The summed E-state index contributed by atoms with van der Waals surface area (Å²) in [5.41, 5.74) is 1.93. The quantitative estimate of drug-likeness (QED) is 0.585. The van der Waals surface area contributed by atoms with E-state index in [1.165, 1.54) is 4.90 Å². The largest absolute Gasteiger partial charge is 0.465 e. The Hall–Kier alpha value is -2.35. The molecule has 2 aromatic heterocycles. The smallest absolute Gasteiger partial charge is 0.407 e. The van der Waals surface area contributed by atoms with Crippen LogP contribution in [-0.2, 0) is 0 Å². The monoisotopic (exact) mass is 446 g/mol. The van der Waals surface area contributed by atoms with Gasteiger partial charge < -0.3 is 15.0 Å². The number of hydrogen-bond acceptors (Lipinski definition) is 3. The van der Waals surface area contributed by atoms with Crippen molar-refractivity contribution in [1.82, 2.24) is 19.5 Å². The summed E-state index contributed by atoms with van der Waals surface area (Å²) < 4.78 is 2.69. The Morgan fingerprint density at radius 1 is 1.36 bits per heavy atom. The molecular weight excluding hydrogens is 424 g/mol. The maximum Gasteiger partial charge on any atom is 0.407 e. The number of aromatic amines is 1. The Bertz CT molecular complexity index is 1130. The third-order valence-corrected chi connectivity index (χ3v) is 6.34. The molecule has 0 radical (unpaired) electrons. The average molecular weight is 447 g/mol. The van der Waals surface area contributed by atoms with E-state index in [2.05, 4.69) is 41.7 Å². The van der Waals surface area contributed by atoms with Crippen molar-refractivity contribution in [3.63, 3.8) is 0 Å². The first-order valence-electron chi connectivity index (χ1n) is 9.36. The number of benzene rings is 1. The molecule has 1 fully saturated rings. The maximum absolute atomic E-state index is 12.4. The molecule has 1 aliphatic heterocycles. The number of nitrogens with zero attached hydrogens (tertiary/aromatic N) is 3. The summed E-state index contributed by atoms with van der Waals surface area (Å²) in [6.07, 6.45) is 0.434. The van der Waals surface area contributed by atoms with E-state index in [9.17, 15) is 14.7 Å². The number of nitrogens with one attached hydrogen (secondary N) is 1. The molecule has 1 saturated heterocycles. The molecule has 3 aromatic rings. The first-order chi connectivity index (χ1) is 13.2. The van der Waals surface area contributed by atoms with Crippen molar-refractivity contribution < 1.29 is 9.90 Å². The van der Waals surface area contributed by atoms with Crippen LogP contribution in [-0.4, -0.2) is 43.3 Å². The Labute approximate surface area is 170 Å². The van der Waals surface area contributed by atoms with Crippen LogP contribution in [0.3, 0.4) is 0 Å². The zero-order chi connectivity index (χ0) is 20.2. The highest BCUT2D eigenvalue weighted by Crippen LogP contribution is 2.39. The number of H-pyrrole nitrogens is 1. The predicted molar refractivity (Wildman–Crippen MR) is 111 cm³/mol. The molecule has 2 N–H and O–H groups in total. The number of aromatic nitrogens is 3. The van der Waals surface area contributed by atoms with Crippen LogP contribution in [0.15, 0.2) is 33.5 Å². The SMILES string of the molecule is CC(C)(C)C1CC(c2cc(=O)[nH]c3c4c(Br)cccc4nn23)CCN1C(=O)O. The number of amides is 1. The van der Waals surface area contributed by atoms with Crippen molar-refractivity contribution in [2.45, 2.75) is 45.6 Å². The van der Waals surface area contributed by atoms with Crippen molar-refractivity contribution in [1.29, 1.82) is 0 Å². The van der Waals surface area contributed by atoms with Gasteiger partial charge in [0.25, 0.3) is 5.56 Å². The first-order valence-corrected chi connectivity index (χ1v) is 10.2. The molecule has 148 valence electrons. The van der Waals surface area contributed by atoms with Gasteiger partial charge in [0.05, 0.1) is 16.6 Å². The lowest BCUT2D eigenvalue weighted by atomic mass is 9.76. The zero-order valence-corrected chi connectivity index (χ0v) is 17.7. The highest BCUT2D eigenvalue weighted by atomic mass is 79.9. The van der Waals surface area contributed by atoms with Gasteiger partial charge in [-0.25, -0.2) is 9.31 Å². The van der Waals surface area contributed by atoms with Gasteiger partial charge in [-0.05, 0) is 46.3 Å². The summed E-state index contributed by atoms with van der Waals surface area (Å²) in [7, 11) is 0. The summed E-state index contributed by atoms with van der Waals surface area (Å²) in [4.78, 5) is 28.6. The molecule has 4 rings (SSSR count). The van der Waals surface area contributed by atoms with Gasteiger partial charge in [0.1, 0.15) is 5.65 Å². The number of hydrogen-bond donors (Lipinski definition) is 2. The van der Waals surface area contributed by atoms with E-state index in [1.807, 2.05) is 22.7 Å². The molecule has 3 heterocycles. The summed E-state index contributed by atoms with van der Waals surface area (Å²) >= 11 is 3.55. The number of likely N-dealkylation sites (tertiary alicyclic amines) is 1. The van der Waals surface area contributed by atoms with Crippen LogP contribution in [0.25, 0.3) is 16.6 Å². The van der Waals surface area contributed by atoms with Crippen molar-refractivity contribution >= 4 is 38.6 Å². The van der Waals surface area contributed by atoms with E-state index in [-0.39, 0.29) is 22.9 Å². The Morgan fingerprint density at radius 3 is 2.79 bits per heavy atom. The summed E-state index contributed by atoms with van der Waals surface area (Å²) in [5, 5.41) is 15.2. The number of piperidine rings is 1. The van der Waals surface area contributed by atoms with E-state index in [0.29, 0.717) is 25.0 Å². The number of fused-ring (bicyclic) bond motifs is 3. The van der Waals surface area contributed by atoms with Crippen molar-refractivity contribution in [2.24, 2.45) is 5.41 Å². The molecule has 0 bridgehead atoms. The molecule has 8 heteroatoms. The number of rotatable bonds is 1. The van der Waals surface area contributed by atoms with Gasteiger partial charge >= 0.3 is 6.09 Å². The van der Waals surface area contributed by atoms with E-state index in [4.69, 9.17) is 5.10 Å². The second-order valence-corrected chi connectivity index (χ2v) is 9.39. The fraction of sp³-hybridized carbons (Fsp3) is 0.450. The molecule has 0 aliphatic carbocycles. The third kappa shape index (κ3) is 3.09. The minimum Gasteiger partial charge on any atom is -0.465 e. The molecule has 2 unspecified atom stereocenters. The fourth-order valence-corrected chi connectivity index (χ4v) is 4.86. The number of halogens is 1. The lowest BCUT2D eigenvalue weighted by Gasteiger charge is -2.44. The van der Waals surface area contributed by atoms with Crippen LogP contribution in [0.2, 0.25) is 0 Å². The van der Waals surface area contributed by atoms with Crippen molar-refractivity contribution in [3.8, 4) is 0 Å². The highest BCUT2D eigenvalue weighted by Gasteiger charge is 2.39. The van der Waals surface area contributed by atoms with E-state index >= 15 is 0 Å². The molecule has 7 nitrogen and oxygen atoms in total. The minimum atomic E-state index is -0.886. The van der Waals surface area contributed by atoms with E-state index in [1.54, 1.807) is 6.07 Å². The van der Waals surface area contributed by atoms with Gasteiger partial charge in [-0.15, -0.1) is 0 Å². The van der Waals surface area contributed by atoms with Gasteiger partial charge in [0, 0.05) is 29.0 Å². The van der Waals surface area contributed by atoms with Crippen LogP contribution in [0.1, 0.15) is 45.2 Å². The zero-order valence-electron chi connectivity index (χ0n) is 16.1. The lowest BCUT2D eigenvalue weighted by molar-refractivity contribution is 0.0518. The van der Waals surface area contributed by atoms with Gasteiger partial charge in [-0.3, -0.25) is 4.79 Å². The molecular formula is C20H23BrN4O3. The molecule has 1 aliphatic rings. The molecule has 1 aromatic carbocycles. The van der Waals surface area contributed by atoms with Crippen LogP contribution in [0, 0.1) is 5.41 Å². The Balaban J connectivity index is 1.85. The van der Waals surface area contributed by atoms with Crippen LogP contribution >= 0.6 is 15.9 Å². The lowest BCUT2D eigenvalue weighted by Crippen LogP contribution is -2.51. The second kappa shape index (κ2) is 6.62. The van der Waals surface area contributed by atoms with Crippen molar-refractivity contribution in [2.75, 3.05) is 6.54 Å². The second-order valence-electron chi connectivity index (χ2n) is 8.53. The molecule has 0 saturated carbocycles. The van der Waals surface area contributed by atoms with Crippen LogP contribution in [0.4, 0.5) is 4.79 Å². The maximum atomic E-state index is 12.4. The normalized spacial score (nSPS) is 20.8. The van der Waals surface area contributed by atoms with Gasteiger partial charge in [-0.2, -0.15) is 5.10 Å². The van der Waals surface area contributed by atoms with Gasteiger partial charge in [-0.1, -0.05) is 26.8 Å². The Kier molecular flexibility index (Phi) is 4.49. The molecule has 2 atom stereocenters. The highest BCUT2D eigenvalue weighted by molar-refractivity contribution is 9.10. The van der Waals surface area contributed by atoms with Gasteiger partial charge in [0.2, 0.25) is 0 Å². The van der Waals surface area contributed by atoms with E-state index in [0.717, 1.165) is 21.1 Å². The van der Waals surface area contributed by atoms with Crippen molar-refractivity contribution in [3.05, 3.63) is 44.8 Å². The topological polar surface area (TPSA) is 90.7 Å². The number of carboxylic acid groups (broad SMARTS) is 1. The summed E-state index contributed by atoms with van der Waals surface area (Å²) in [5.74, 6) is 0.0534. The minimum absolute atomic E-state index is 0.0534. The summed E-state index contributed by atoms with van der Waals surface area (Å²) in [6.45, 7) is 6.62. The molecule has 0 spiro atoms. The summed E-state index contributed by atoms with van der Waals surface area (Å²) in [6, 6.07) is 7.23. The standard InChI is InChI=1S/C20H23BrN4O3/c1-20(2,3)15-9-11(7-8-24(15)19(27)28)14-10-16(26)22-18-17-12(21)5-4-6-13(17)23-25(14)18/h4-6,10-11,15H,7-9H2,1-3H3,(H,22,26)(H,27,28).